The third-order valence-corrected chi connectivity index (χ3v) is 4.09. The smallest absolute Gasteiger partial charge is 0.238 e. The molecule has 2 aromatic rings. The van der Waals surface area contributed by atoms with Crippen LogP contribution in [0.4, 0.5) is 11.4 Å². The second-order valence-corrected chi connectivity index (χ2v) is 5.84. The summed E-state index contributed by atoms with van der Waals surface area (Å²) < 4.78 is 0. The first-order valence-electron chi connectivity index (χ1n) is 7.82. The Morgan fingerprint density at radius 2 is 2.09 bits per heavy atom. The van der Waals surface area contributed by atoms with E-state index in [0.717, 1.165) is 43.3 Å². The molecule has 0 spiro atoms. The van der Waals surface area contributed by atoms with Crippen LogP contribution in [0.3, 0.4) is 0 Å². The largest absolute Gasteiger partial charge is 0.366 e. The number of H-pyrrole nitrogens is 1. The van der Waals surface area contributed by atoms with E-state index in [1.54, 1.807) is 12.4 Å². The monoisotopic (exact) mass is 314 g/mol. The highest BCUT2D eigenvalue weighted by Gasteiger charge is 2.22. The number of amides is 1. The SMILES string of the molecule is Cc1n[nH]c(C)c1N1CCN(CC(=O)Nc2cccnc2)CC1. The molecule has 0 saturated carbocycles. The molecule has 0 aromatic carbocycles. The fourth-order valence-corrected chi connectivity index (χ4v) is 2.98. The van der Waals surface area contributed by atoms with Crippen molar-refractivity contribution in [1.29, 1.82) is 0 Å². The van der Waals surface area contributed by atoms with E-state index in [1.807, 2.05) is 26.0 Å². The van der Waals surface area contributed by atoms with Crippen LogP contribution in [0, 0.1) is 13.8 Å². The van der Waals surface area contributed by atoms with Gasteiger partial charge in [-0.15, -0.1) is 0 Å². The molecule has 7 nitrogen and oxygen atoms in total. The number of carbonyl (C=O) groups is 1. The van der Waals surface area contributed by atoms with Crippen molar-refractivity contribution in [2.24, 2.45) is 0 Å². The Hall–Kier alpha value is -2.41. The van der Waals surface area contributed by atoms with Crippen molar-refractivity contribution in [2.75, 3.05) is 42.9 Å². The van der Waals surface area contributed by atoms with Crippen molar-refractivity contribution >= 4 is 17.3 Å². The third kappa shape index (κ3) is 3.68. The molecule has 1 saturated heterocycles. The Kier molecular flexibility index (Phi) is 4.57. The Morgan fingerprint density at radius 1 is 1.30 bits per heavy atom. The van der Waals surface area contributed by atoms with Crippen LogP contribution in [0.15, 0.2) is 24.5 Å². The minimum Gasteiger partial charge on any atom is -0.366 e. The Bertz CT molecular complexity index is 641. The summed E-state index contributed by atoms with van der Waals surface area (Å²) in [5.74, 6) is 0.00197. The van der Waals surface area contributed by atoms with E-state index in [2.05, 4.69) is 30.3 Å². The molecule has 1 fully saturated rings. The molecule has 0 aliphatic carbocycles. The number of carbonyl (C=O) groups excluding carboxylic acids is 1. The number of pyridine rings is 1. The number of aromatic nitrogens is 3. The van der Waals surface area contributed by atoms with Gasteiger partial charge in [-0.1, -0.05) is 0 Å². The fourth-order valence-electron chi connectivity index (χ4n) is 2.98. The lowest BCUT2D eigenvalue weighted by Gasteiger charge is -2.35. The third-order valence-electron chi connectivity index (χ3n) is 4.09. The number of hydrogen-bond acceptors (Lipinski definition) is 5. The normalized spacial score (nSPS) is 15.7. The summed E-state index contributed by atoms with van der Waals surface area (Å²) in [6, 6.07) is 3.65. The van der Waals surface area contributed by atoms with Crippen molar-refractivity contribution < 1.29 is 4.79 Å². The molecule has 3 heterocycles. The van der Waals surface area contributed by atoms with Gasteiger partial charge in [0.1, 0.15) is 0 Å². The summed E-state index contributed by atoms with van der Waals surface area (Å²) in [4.78, 5) is 20.6. The van der Waals surface area contributed by atoms with Gasteiger partial charge in [0.15, 0.2) is 0 Å². The molecular formula is C16H22N6O. The van der Waals surface area contributed by atoms with Crippen LogP contribution in [0.1, 0.15) is 11.4 Å². The zero-order valence-electron chi connectivity index (χ0n) is 13.5. The molecule has 0 bridgehead atoms. The second kappa shape index (κ2) is 6.78. The number of aryl methyl sites for hydroxylation is 2. The van der Waals surface area contributed by atoms with Crippen LogP contribution in [-0.4, -0.2) is 58.7 Å². The van der Waals surface area contributed by atoms with E-state index in [4.69, 9.17) is 0 Å². The molecule has 3 rings (SSSR count). The summed E-state index contributed by atoms with van der Waals surface area (Å²) in [6.45, 7) is 8.01. The van der Waals surface area contributed by atoms with Gasteiger partial charge in [0.25, 0.3) is 0 Å². The fraction of sp³-hybridized carbons (Fsp3) is 0.438. The maximum Gasteiger partial charge on any atom is 0.238 e. The molecule has 1 aliphatic heterocycles. The van der Waals surface area contributed by atoms with Crippen LogP contribution < -0.4 is 10.2 Å². The minimum atomic E-state index is 0.00197. The van der Waals surface area contributed by atoms with Crippen molar-refractivity contribution in [3.8, 4) is 0 Å². The van der Waals surface area contributed by atoms with Crippen molar-refractivity contribution in [1.82, 2.24) is 20.1 Å². The number of nitrogens with zero attached hydrogens (tertiary/aromatic N) is 4. The summed E-state index contributed by atoms with van der Waals surface area (Å²) in [5.41, 5.74) is 4.07. The van der Waals surface area contributed by atoms with Crippen LogP contribution in [0.25, 0.3) is 0 Å². The minimum absolute atomic E-state index is 0.00197. The molecule has 1 aliphatic rings. The lowest BCUT2D eigenvalue weighted by Crippen LogP contribution is -2.49. The average molecular weight is 314 g/mol. The van der Waals surface area contributed by atoms with Crippen molar-refractivity contribution in [3.05, 3.63) is 35.9 Å². The van der Waals surface area contributed by atoms with E-state index in [9.17, 15) is 4.79 Å². The Morgan fingerprint density at radius 3 is 2.70 bits per heavy atom. The molecule has 23 heavy (non-hydrogen) atoms. The summed E-state index contributed by atoms with van der Waals surface area (Å²) in [7, 11) is 0. The molecule has 0 unspecified atom stereocenters. The van der Waals surface area contributed by atoms with Gasteiger partial charge in [-0.3, -0.25) is 19.8 Å². The zero-order valence-corrected chi connectivity index (χ0v) is 13.5. The van der Waals surface area contributed by atoms with Crippen molar-refractivity contribution in [3.63, 3.8) is 0 Å². The van der Waals surface area contributed by atoms with E-state index < -0.39 is 0 Å². The Balaban J connectivity index is 1.50. The van der Waals surface area contributed by atoms with E-state index >= 15 is 0 Å². The van der Waals surface area contributed by atoms with Crippen LogP contribution >= 0.6 is 0 Å². The molecule has 2 N–H and O–H groups in total. The average Bonchev–Trinajstić information content (AvgIpc) is 2.88. The van der Waals surface area contributed by atoms with E-state index in [1.165, 1.54) is 5.69 Å². The number of hydrogen-bond donors (Lipinski definition) is 2. The highest BCUT2D eigenvalue weighted by Crippen LogP contribution is 2.23. The Labute approximate surface area is 135 Å². The summed E-state index contributed by atoms with van der Waals surface area (Å²) in [6.07, 6.45) is 3.34. The molecule has 122 valence electrons. The highest BCUT2D eigenvalue weighted by molar-refractivity contribution is 5.92. The summed E-state index contributed by atoms with van der Waals surface area (Å²) >= 11 is 0. The van der Waals surface area contributed by atoms with Gasteiger partial charge < -0.3 is 10.2 Å². The maximum atomic E-state index is 12.1. The van der Waals surface area contributed by atoms with Crippen molar-refractivity contribution in [2.45, 2.75) is 13.8 Å². The summed E-state index contributed by atoms with van der Waals surface area (Å²) in [5, 5.41) is 10.2. The van der Waals surface area contributed by atoms with E-state index in [0.29, 0.717) is 6.54 Å². The molecular weight excluding hydrogens is 292 g/mol. The van der Waals surface area contributed by atoms with Crippen LogP contribution in [0.5, 0.6) is 0 Å². The molecule has 0 radical (unpaired) electrons. The van der Waals surface area contributed by atoms with E-state index in [-0.39, 0.29) is 5.91 Å². The topological polar surface area (TPSA) is 77.2 Å². The molecule has 2 aromatic heterocycles. The number of anilines is 2. The van der Waals surface area contributed by atoms with Gasteiger partial charge >= 0.3 is 0 Å². The maximum absolute atomic E-state index is 12.1. The quantitative estimate of drug-likeness (QED) is 0.886. The lowest BCUT2D eigenvalue weighted by atomic mass is 10.2. The van der Waals surface area contributed by atoms with Gasteiger partial charge in [0, 0.05) is 32.4 Å². The van der Waals surface area contributed by atoms with Gasteiger partial charge in [-0.2, -0.15) is 5.10 Å². The standard InChI is InChI=1S/C16H22N6O/c1-12-16(13(2)20-19-12)22-8-6-21(7-9-22)11-15(23)18-14-4-3-5-17-10-14/h3-5,10H,6-9,11H2,1-2H3,(H,18,23)(H,19,20). The highest BCUT2D eigenvalue weighted by atomic mass is 16.2. The van der Waals surface area contributed by atoms with Gasteiger partial charge in [-0.25, -0.2) is 0 Å². The number of piperazine rings is 1. The van der Waals surface area contributed by atoms with Gasteiger partial charge in [0.2, 0.25) is 5.91 Å². The van der Waals surface area contributed by atoms with Crippen LogP contribution in [0.2, 0.25) is 0 Å². The predicted molar refractivity (Wildman–Crippen MR) is 89.6 cm³/mol. The lowest BCUT2D eigenvalue weighted by molar-refractivity contribution is -0.117. The first kappa shape index (κ1) is 15.5. The predicted octanol–water partition coefficient (Wildman–Crippen LogP) is 1.18. The molecule has 1 amide bonds. The number of aromatic amines is 1. The second-order valence-electron chi connectivity index (χ2n) is 5.84. The van der Waals surface area contributed by atoms with Gasteiger partial charge in [-0.05, 0) is 26.0 Å². The molecule has 0 atom stereocenters. The number of rotatable bonds is 4. The van der Waals surface area contributed by atoms with Crippen LogP contribution in [-0.2, 0) is 4.79 Å². The number of nitrogens with one attached hydrogen (secondary N) is 2. The first-order valence-corrected chi connectivity index (χ1v) is 7.82. The van der Waals surface area contributed by atoms with Gasteiger partial charge in [0.05, 0.1) is 35.5 Å². The zero-order chi connectivity index (χ0) is 16.2. The first-order chi connectivity index (χ1) is 11.1. The molecule has 7 heteroatoms.